The molecule has 3 N–H and O–H groups in total. The molecule has 0 aromatic carbocycles. The lowest BCUT2D eigenvalue weighted by Crippen LogP contribution is -2.29. The fraction of sp³-hybridized carbons (Fsp3) is 0.938. The molecule has 114 valence electrons. The highest BCUT2D eigenvalue weighted by Gasteiger charge is 2.25. The summed E-state index contributed by atoms with van der Waals surface area (Å²) in [4.78, 5) is 10.9. The number of carboxylic acid groups (broad SMARTS) is 1. The molecule has 0 heterocycles. The molecule has 0 bridgehead atoms. The van der Waals surface area contributed by atoms with Gasteiger partial charge in [-0.1, -0.05) is 59.3 Å². The molecule has 0 radical (unpaired) electrons. The van der Waals surface area contributed by atoms with Gasteiger partial charge in [0.1, 0.15) is 0 Å². The smallest absolute Gasteiger partial charge is 0.303 e. The Morgan fingerprint density at radius 3 is 2.16 bits per heavy atom. The Bertz CT molecular complexity index is 229. The Morgan fingerprint density at radius 1 is 1.11 bits per heavy atom. The fourth-order valence-corrected chi connectivity index (χ4v) is 2.91. The van der Waals surface area contributed by atoms with Crippen molar-refractivity contribution in [2.24, 2.45) is 23.5 Å². The molecule has 0 rings (SSSR count). The van der Waals surface area contributed by atoms with E-state index in [9.17, 15) is 4.79 Å². The largest absolute Gasteiger partial charge is 0.481 e. The summed E-state index contributed by atoms with van der Waals surface area (Å²) in [5.41, 5.74) is 5.77. The van der Waals surface area contributed by atoms with E-state index in [4.69, 9.17) is 10.8 Å². The molecule has 0 amide bonds. The average molecular weight is 271 g/mol. The Morgan fingerprint density at radius 2 is 1.68 bits per heavy atom. The number of hydrogen-bond acceptors (Lipinski definition) is 2. The van der Waals surface area contributed by atoms with E-state index in [1.54, 1.807) is 0 Å². The van der Waals surface area contributed by atoms with Crippen molar-refractivity contribution in [2.45, 2.75) is 72.1 Å². The SMILES string of the molecule is CCCCCCCCC(C(C)C)C(CN)CC(=O)O. The van der Waals surface area contributed by atoms with Gasteiger partial charge in [0.25, 0.3) is 0 Å². The van der Waals surface area contributed by atoms with Crippen molar-refractivity contribution in [1.29, 1.82) is 0 Å². The van der Waals surface area contributed by atoms with Gasteiger partial charge in [0.15, 0.2) is 0 Å². The summed E-state index contributed by atoms with van der Waals surface area (Å²) in [6, 6.07) is 0. The third-order valence-electron chi connectivity index (χ3n) is 4.09. The maximum absolute atomic E-state index is 10.9. The van der Waals surface area contributed by atoms with Crippen molar-refractivity contribution in [3.63, 3.8) is 0 Å². The lowest BCUT2D eigenvalue weighted by Gasteiger charge is -2.28. The van der Waals surface area contributed by atoms with Crippen molar-refractivity contribution in [1.82, 2.24) is 0 Å². The standard InChI is InChI=1S/C16H33NO2/c1-4-5-6-7-8-9-10-15(13(2)3)14(12-17)11-16(18)19/h13-15H,4-12,17H2,1-3H3,(H,18,19). The van der Waals surface area contributed by atoms with Crippen LogP contribution in [-0.2, 0) is 4.79 Å². The molecule has 3 nitrogen and oxygen atoms in total. The number of aliphatic carboxylic acids is 1. The number of carboxylic acids is 1. The summed E-state index contributed by atoms with van der Waals surface area (Å²) >= 11 is 0. The molecule has 19 heavy (non-hydrogen) atoms. The zero-order chi connectivity index (χ0) is 14.7. The van der Waals surface area contributed by atoms with Gasteiger partial charge < -0.3 is 10.8 Å². The van der Waals surface area contributed by atoms with E-state index in [1.165, 1.54) is 38.5 Å². The Labute approximate surface area is 119 Å². The number of rotatable bonds is 12. The van der Waals surface area contributed by atoms with Crippen LogP contribution in [0.25, 0.3) is 0 Å². The predicted octanol–water partition coefficient (Wildman–Crippen LogP) is 4.06. The summed E-state index contributed by atoms with van der Waals surface area (Å²) < 4.78 is 0. The number of nitrogens with two attached hydrogens (primary N) is 1. The summed E-state index contributed by atoms with van der Waals surface area (Å²) in [7, 11) is 0. The topological polar surface area (TPSA) is 63.3 Å². The van der Waals surface area contributed by atoms with Gasteiger partial charge >= 0.3 is 5.97 Å². The molecule has 0 aromatic heterocycles. The lowest BCUT2D eigenvalue weighted by molar-refractivity contribution is -0.138. The van der Waals surface area contributed by atoms with E-state index in [1.807, 2.05) is 0 Å². The Kier molecular flexibility index (Phi) is 10.9. The molecule has 0 aliphatic carbocycles. The van der Waals surface area contributed by atoms with Crippen LogP contribution in [0.15, 0.2) is 0 Å². The van der Waals surface area contributed by atoms with E-state index in [-0.39, 0.29) is 12.3 Å². The Hall–Kier alpha value is -0.570. The highest BCUT2D eigenvalue weighted by molar-refractivity contribution is 5.67. The maximum Gasteiger partial charge on any atom is 0.303 e. The molecule has 0 aliphatic heterocycles. The Balaban J connectivity index is 4.06. The fourth-order valence-electron chi connectivity index (χ4n) is 2.91. The summed E-state index contributed by atoms with van der Waals surface area (Å²) in [6.07, 6.45) is 9.08. The number of carbonyl (C=O) groups is 1. The summed E-state index contributed by atoms with van der Waals surface area (Å²) in [5.74, 6) is 0.382. The molecule has 0 saturated carbocycles. The zero-order valence-corrected chi connectivity index (χ0v) is 13.0. The van der Waals surface area contributed by atoms with Crippen molar-refractivity contribution in [3.8, 4) is 0 Å². The summed E-state index contributed by atoms with van der Waals surface area (Å²) in [6.45, 7) is 7.09. The minimum absolute atomic E-state index is 0.133. The molecular formula is C16H33NO2. The van der Waals surface area contributed by atoms with Crippen LogP contribution in [0.2, 0.25) is 0 Å². The lowest BCUT2D eigenvalue weighted by atomic mass is 9.78. The minimum atomic E-state index is -0.718. The second kappa shape index (κ2) is 11.3. The number of unbranched alkanes of at least 4 members (excludes halogenated alkanes) is 5. The monoisotopic (exact) mass is 271 g/mol. The second-order valence-corrected chi connectivity index (χ2v) is 6.06. The molecule has 3 heteroatoms. The highest BCUT2D eigenvalue weighted by atomic mass is 16.4. The van der Waals surface area contributed by atoms with Crippen LogP contribution in [0.1, 0.15) is 72.1 Å². The van der Waals surface area contributed by atoms with Crippen molar-refractivity contribution in [2.75, 3.05) is 6.54 Å². The second-order valence-electron chi connectivity index (χ2n) is 6.06. The van der Waals surface area contributed by atoms with E-state index < -0.39 is 5.97 Å². The van der Waals surface area contributed by atoms with Gasteiger partial charge in [0, 0.05) is 6.42 Å². The van der Waals surface area contributed by atoms with Gasteiger partial charge in [0.05, 0.1) is 0 Å². The van der Waals surface area contributed by atoms with Gasteiger partial charge in [-0.3, -0.25) is 4.79 Å². The van der Waals surface area contributed by atoms with Gasteiger partial charge in [-0.2, -0.15) is 0 Å². The molecule has 2 atom stereocenters. The van der Waals surface area contributed by atoms with E-state index in [0.717, 1.165) is 6.42 Å². The quantitative estimate of drug-likeness (QED) is 0.526. The van der Waals surface area contributed by atoms with Crippen LogP contribution < -0.4 is 5.73 Å². The van der Waals surface area contributed by atoms with Crippen LogP contribution in [0.4, 0.5) is 0 Å². The minimum Gasteiger partial charge on any atom is -0.481 e. The van der Waals surface area contributed by atoms with Crippen molar-refractivity contribution in [3.05, 3.63) is 0 Å². The predicted molar refractivity (Wildman–Crippen MR) is 81.1 cm³/mol. The van der Waals surface area contributed by atoms with E-state index in [0.29, 0.717) is 18.4 Å². The van der Waals surface area contributed by atoms with Gasteiger partial charge in [-0.25, -0.2) is 0 Å². The third kappa shape index (κ3) is 9.04. The molecule has 0 saturated heterocycles. The van der Waals surface area contributed by atoms with Gasteiger partial charge in [-0.05, 0) is 30.7 Å². The first-order valence-corrected chi connectivity index (χ1v) is 7.94. The van der Waals surface area contributed by atoms with Gasteiger partial charge in [-0.15, -0.1) is 0 Å². The molecule has 0 aliphatic rings. The molecule has 0 spiro atoms. The summed E-state index contributed by atoms with van der Waals surface area (Å²) in [5, 5.41) is 8.96. The zero-order valence-electron chi connectivity index (χ0n) is 13.0. The third-order valence-corrected chi connectivity index (χ3v) is 4.09. The van der Waals surface area contributed by atoms with Crippen LogP contribution in [0.3, 0.4) is 0 Å². The van der Waals surface area contributed by atoms with Crippen LogP contribution >= 0.6 is 0 Å². The van der Waals surface area contributed by atoms with Gasteiger partial charge in [0.2, 0.25) is 0 Å². The average Bonchev–Trinajstić information content (AvgIpc) is 2.35. The first-order chi connectivity index (χ1) is 9.02. The number of hydrogen-bond donors (Lipinski definition) is 2. The van der Waals surface area contributed by atoms with Crippen LogP contribution in [0.5, 0.6) is 0 Å². The molecule has 0 aromatic rings. The molecule has 0 fully saturated rings. The van der Waals surface area contributed by atoms with Crippen LogP contribution in [-0.4, -0.2) is 17.6 Å². The molecular weight excluding hydrogens is 238 g/mol. The normalized spacial score (nSPS) is 14.6. The van der Waals surface area contributed by atoms with Crippen molar-refractivity contribution >= 4 is 5.97 Å². The molecule has 2 unspecified atom stereocenters. The van der Waals surface area contributed by atoms with E-state index >= 15 is 0 Å². The highest BCUT2D eigenvalue weighted by Crippen LogP contribution is 2.28. The van der Waals surface area contributed by atoms with E-state index in [2.05, 4.69) is 20.8 Å². The van der Waals surface area contributed by atoms with Crippen LogP contribution in [0, 0.1) is 17.8 Å². The maximum atomic E-state index is 10.9. The van der Waals surface area contributed by atoms with Crippen molar-refractivity contribution < 1.29 is 9.90 Å². The first-order valence-electron chi connectivity index (χ1n) is 7.94. The first kappa shape index (κ1) is 18.4.